The van der Waals surface area contributed by atoms with Crippen molar-refractivity contribution in [2.24, 2.45) is 0 Å². The molecule has 4 nitrogen and oxygen atoms in total. The lowest BCUT2D eigenvalue weighted by atomic mass is 10.3. The number of hydrogen-bond donors (Lipinski definition) is 0. The third-order valence-electron chi connectivity index (χ3n) is 1.91. The van der Waals surface area contributed by atoms with Crippen molar-refractivity contribution in [3.8, 4) is 0 Å². The van der Waals surface area contributed by atoms with E-state index in [1.807, 2.05) is 23.4 Å². The van der Waals surface area contributed by atoms with Gasteiger partial charge in [0.05, 0.1) is 0 Å². The Kier molecular flexibility index (Phi) is 3.58. The lowest BCUT2D eigenvalue weighted by Crippen LogP contribution is -2.19. The molecule has 0 aliphatic rings. The maximum absolute atomic E-state index is 5.70. The van der Waals surface area contributed by atoms with Crippen LogP contribution in [0.25, 0.3) is 0 Å². The van der Waals surface area contributed by atoms with Crippen molar-refractivity contribution in [1.29, 1.82) is 0 Å². The van der Waals surface area contributed by atoms with Crippen LogP contribution in [-0.2, 0) is 6.54 Å². The molecular weight excluding hydrogens is 267 g/mol. The average Bonchev–Trinajstić information content (AvgIpc) is 2.68. The lowest BCUT2D eigenvalue weighted by molar-refractivity contribution is 0.855. The SMILES string of the molecule is CN(Cc1ccsc1)c1nc(Cl)nc(Cl)n1. The van der Waals surface area contributed by atoms with Crippen molar-refractivity contribution in [3.63, 3.8) is 0 Å². The van der Waals surface area contributed by atoms with Gasteiger partial charge in [-0.2, -0.15) is 26.3 Å². The van der Waals surface area contributed by atoms with Gasteiger partial charge in [0.25, 0.3) is 0 Å². The van der Waals surface area contributed by atoms with Gasteiger partial charge in [-0.15, -0.1) is 0 Å². The average molecular weight is 275 g/mol. The zero-order valence-corrected chi connectivity index (χ0v) is 10.7. The summed E-state index contributed by atoms with van der Waals surface area (Å²) in [7, 11) is 1.87. The molecule has 16 heavy (non-hydrogen) atoms. The van der Waals surface area contributed by atoms with E-state index in [4.69, 9.17) is 23.2 Å². The molecule has 0 radical (unpaired) electrons. The van der Waals surface area contributed by atoms with Crippen molar-refractivity contribution in [1.82, 2.24) is 15.0 Å². The quantitative estimate of drug-likeness (QED) is 0.863. The van der Waals surface area contributed by atoms with Crippen LogP contribution in [0.4, 0.5) is 5.95 Å². The Hall–Kier alpha value is -0.910. The minimum absolute atomic E-state index is 0.104. The molecule has 84 valence electrons. The van der Waals surface area contributed by atoms with Gasteiger partial charge < -0.3 is 4.90 Å². The molecule has 0 atom stereocenters. The summed E-state index contributed by atoms with van der Waals surface area (Å²) < 4.78 is 0. The van der Waals surface area contributed by atoms with E-state index >= 15 is 0 Å². The molecule has 7 heteroatoms. The van der Waals surface area contributed by atoms with Crippen LogP contribution in [0.5, 0.6) is 0 Å². The second-order valence-electron chi connectivity index (χ2n) is 3.16. The van der Waals surface area contributed by atoms with E-state index in [1.165, 1.54) is 5.56 Å². The third-order valence-corrected chi connectivity index (χ3v) is 2.98. The summed E-state index contributed by atoms with van der Waals surface area (Å²) in [6.07, 6.45) is 0. The number of halogens is 2. The molecule has 0 unspecified atom stereocenters. The highest BCUT2D eigenvalue weighted by atomic mass is 35.5. The minimum Gasteiger partial charge on any atom is -0.339 e. The molecule has 0 N–H and O–H groups in total. The Balaban J connectivity index is 2.17. The van der Waals surface area contributed by atoms with Crippen LogP contribution < -0.4 is 4.90 Å². The van der Waals surface area contributed by atoms with Crippen LogP contribution in [-0.4, -0.2) is 22.0 Å². The fraction of sp³-hybridized carbons (Fsp3) is 0.222. The number of aromatic nitrogens is 3. The van der Waals surface area contributed by atoms with E-state index in [1.54, 1.807) is 11.3 Å². The Labute approximate surface area is 107 Å². The van der Waals surface area contributed by atoms with Crippen LogP contribution in [0.1, 0.15) is 5.56 Å². The summed E-state index contributed by atoms with van der Waals surface area (Å²) in [6.45, 7) is 0.709. The van der Waals surface area contributed by atoms with E-state index in [2.05, 4.69) is 20.3 Å². The summed E-state index contributed by atoms with van der Waals surface area (Å²) in [4.78, 5) is 13.6. The van der Waals surface area contributed by atoms with Crippen LogP contribution in [0.2, 0.25) is 10.6 Å². The van der Waals surface area contributed by atoms with Crippen molar-refractivity contribution in [3.05, 3.63) is 33.0 Å². The lowest BCUT2D eigenvalue weighted by Gasteiger charge is -2.15. The first-order valence-corrected chi connectivity index (χ1v) is 6.14. The predicted octanol–water partition coefficient (Wildman–Crippen LogP) is 2.88. The zero-order chi connectivity index (χ0) is 11.5. The van der Waals surface area contributed by atoms with Gasteiger partial charge in [0.15, 0.2) is 0 Å². The van der Waals surface area contributed by atoms with E-state index in [0.29, 0.717) is 12.5 Å². The van der Waals surface area contributed by atoms with Gasteiger partial charge in [-0.1, -0.05) is 0 Å². The molecule has 0 aliphatic heterocycles. The number of thiophene rings is 1. The van der Waals surface area contributed by atoms with Gasteiger partial charge in [0.1, 0.15) is 0 Å². The largest absolute Gasteiger partial charge is 0.339 e. The standard InChI is InChI=1S/C9H8Cl2N4S/c1-15(4-6-2-3-16-5-6)9-13-7(10)12-8(11)14-9/h2-3,5H,4H2,1H3. The highest BCUT2D eigenvalue weighted by Gasteiger charge is 2.08. The van der Waals surface area contributed by atoms with E-state index in [0.717, 1.165) is 0 Å². The van der Waals surface area contributed by atoms with Gasteiger partial charge in [0.2, 0.25) is 16.5 Å². The minimum atomic E-state index is 0.104. The van der Waals surface area contributed by atoms with Crippen molar-refractivity contribution in [2.45, 2.75) is 6.54 Å². The van der Waals surface area contributed by atoms with E-state index < -0.39 is 0 Å². The molecule has 2 aromatic heterocycles. The van der Waals surface area contributed by atoms with Gasteiger partial charge in [-0.25, -0.2) is 0 Å². The van der Waals surface area contributed by atoms with Gasteiger partial charge >= 0.3 is 0 Å². The molecule has 2 aromatic rings. The monoisotopic (exact) mass is 274 g/mol. The zero-order valence-electron chi connectivity index (χ0n) is 8.39. The van der Waals surface area contributed by atoms with Gasteiger partial charge in [-0.05, 0) is 45.6 Å². The molecule has 0 bridgehead atoms. The Bertz CT molecular complexity index is 454. The Morgan fingerprint density at radius 2 is 1.94 bits per heavy atom. The summed E-state index contributed by atoms with van der Waals surface area (Å²) in [5.74, 6) is 0.469. The van der Waals surface area contributed by atoms with Crippen LogP contribution in [0.15, 0.2) is 16.8 Å². The number of hydrogen-bond acceptors (Lipinski definition) is 5. The summed E-state index contributed by atoms with van der Waals surface area (Å²) in [6, 6.07) is 2.05. The summed E-state index contributed by atoms with van der Waals surface area (Å²) in [5.41, 5.74) is 1.19. The molecule has 0 amide bonds. The predicted molar refractivity (Wildman–Crippen MR) is 66.3 cm³/mol. The van der Waals surface area contributed by atoms with Crippen molar-refractivity contribution in [2.75, 3.05) is 11.9 Å². The molecule has 2 rings (SSSR count). The van der Waals surface area contributed by atoms with Gasteiger partial charge in [-0.3, -0.25) is 0 Å². The molecule has 0 saturated carbocycles. The van der Waals surface area contributed by atoms with Gasteiger partial charge in [0, 0.05) is 13.6 Å². The summed E-state index contributed by atoms with van der Waals surface area (Å²) in [5, 5.41) is 4.30. The van der Waals surface area contributed by atoms with E-state index in [9.17, 15) is 0 Å². The van der Waals surface area contributed by atoms with Crippen LogP contribution >= 0.6 is 34.5 Å². The molecular formula is C9H8Cl2N4S. The maximum atomic E-state index is 5.70. The molecule has 0 aromatic carbocycles. The van der Waals surface area contributed by atoms with Crippen LogP contribution in [0.3, 0.4) is 0 Å². The second kappa shape index (κ2) is 4.95. The first-order chi connectivity index (χ1) is 7.65. The van der Waals surface area contributed by atoms with Crippen molar-refractivity contribution < 1.29 is 0 Å². The Morgan fingerprint density at radius 3 is 2.50 bits per heavy atom. The first kappa shape index (κ1) is 11.6. The highest BCUT2D eigenvalue weighted by molar-refractivity contribution is 7.07. The van der Waals surface area contributed by atoms with Crippen molar-refractivity contribution >= 4 is 40.5 Å². The topological polar surface area (TPSA) is 41.9 Å². The molecule has 2 heterocycles. The normalized spacial score (nSPS) is 10.4. The summed E-state index contributed by atoms with van der Waals surface area (Å²) >= 11 is 13.1. The number of rotatable bonds is 3. The number of anilines is 1. The molecule has 0 saturated heterocycles. The maximum Gasteiger partial charge on any atom is 0.231 e. The van der Waals surface area contributed by atoms with E-state index in [-0.39, 0.29) is 10.6 Å². The fourth-order valence-electron chi connectivity index (χ4n) is 1.21. The van der Waals surface area contributed by atoms with Crippen LogP contribution in [0, 0.1) is 0 Å². The fourth-order valence-corrected chi connectivity index (χ4v) is 2.23. The number of nitrogens with zero attached hydrogens (tertiary/aromatic N) is 4. The first-order valence-electron chi connectivity index (χ1n) is 4.44. The Morgan fingerprint density at radius 1 is 1.25 bits per heavy atom. The molecule has 0 fully saturated rings. The molecule has 0 spiro atoms. The highest BCUT2D eigenvalue weighted by Crippen LogP contribution is 2.16. The third kappa shape index (κ3) is 2.81. The molecule has 0 aliphatic carbocycles. The smallest absolute Gasteiger partial charge is 0.231 e. The second-order valence-corrected chi connectivity index (χ2v) is 4.62.